The Bertz CT molecular complexity index is 1460. The maximum Gasteiger partial charge on any atom is 0.247 e. The zero-order valence-electron chi connectivity index (χ0n) is 24.9. The first kappa shape index (κ1) is 30.1. The number of hydroxylamine groups is 1. The van der Waals surface area contributed by atoms with E-state index in [1.165, 1.54) is 12.4 Å². The van der Waals surface area contributed by atoms with Gasteiger partial charge in [-0.3, -0.25) is 14.5 Å². The number of carbonyl (C=O) groups excluding carboxylic acids is 1. The van der Waals surface area contributed by atoms with E-state index in [9.17, 15) is 4.79 Å². The summed E-state index contributed by atoms with van der Waals surface area (Å²) in [6, 6.07) is 14.0. The number of anilines is 5. The maximum atomic E-state index is 12.5. The molecule has 3 aliphatic rings. The number of nitrogens with one attached hydrogen (secondary N) is 2. The molecule has 1 amide bonds. The molecule has 4 heterocycles. The first-order valence-corrected chi connectivity index (χ1v) is 15.4. The van der Waals surface area contributed by atoms with E-state index in [0.717, 1.165) is 69.9 Å². The minimum absolute atomic E-state index is 0.00283. The summed E-state index contributed by atoms with van der Waals surface area (Å²) in [6.45, 7) is 9.52. The highest BCUT2D eigenvalue weighted by Crippen LogP contribution is 2.40. The Labute approximate surface area is 262 Å². The number of hydrogen-bond acceptors (Lipinski definition) is 10. The summed E-state index contributed by atoms with van der Waals surface area (Å²) < 4.78 is 11.4. The number of nitrogens with zero attached hydrogens (tertiary/aromatic N) is 5. The topological polar surface area (TPSA) is 104 Å². The van der Waals surface area contributed by atoms with Gasteiger partial charge in [0.2, 0.25) is 5.91 Å². The summed E-state index contributed by atoms with van der Waals surface area (Å²) >= 11 is 6.11. The predicted molar refractivity (Wildman–Crippen MR) is 172 cm³/mol. The average Bonchev–Trinajstić information content (AvgIpc) is 3.56. The molecule has 1 unspecified atom stereocenters. The van der Waals surface area contributed by atoms with Gasteiger partial charge in [-0.2, -0.15) is 0 Å². The Hall–Kier alpha value is -3.90. The molecule has 232 valence electrons. The van der Waals surface area contributed by atoms with Gasteiger partial charge in [-0.15, -0.1) is 0 Å². The molecule has 0 radical (unpaired) electrons. The molecule has 12 heteroatoms. The second kappa shape index (κ2) is 13.8. The van der Waals surface area contributed by atoms with E-state index in [1.807, 2.05) is 47.5 Å². The highest BCUT2D eigenvalue weighted by molar-refractivity contribution is 6.30. The van der Waals surface area contributed by atoms with Gasteiger partial charge in [0.1, 0.15) is 17.9 Å². The van der Waals surface area contributed by atoms with Gasteiger partial charge in [0, 0.05) is 55.8 Å². The van der Waals surface area contributed by atoms with Crippen molar-refractivity contribution >= 4 is 46.2 Å². The lowest BCUT2D eigenvalue weighted by Gasteiger charge is -2.41. The lowest BCUT2D eigenvalue weighted by molar-refractivity contribution is -0.111. The molecule has 3 fully saturated rings. The number of carbonyl (C=O) groups is 1. The Morgan fingerprint density at radius 2 is 1.80 bits per heavy atom. The monoisotopic (exact) mass is 619 g/mol. The third-order valence-electron chi connectivity index (χ3n) is 8.43. The lowest BCUT2D eigenvalue weighted by atomic mass is 10.0. The molecular weight excluding hydrogens is 582 g/mol. The third-order valence-corrected chi connectivity index (χ3v) is 8.68. The summed E-state index contributed by atoms with van der Waals surface area (Å²) in [4.78, 5) is 32.3. The van der Waals surface area contributed by atoms with Crippen LogP contribution in [-0.2, 0) is 14.4 Å². The van der Waals surface area contributed by atoms with Crippen LogP contribution >= 0.6 is 11.6 Å². The molecule has 3 aromatic rings. The summed E-state index contributed by atoms with van der Waals surface area (Å²) in [5.41, 5.74) is 3.32. The van der Waals surface area contributed by atoms with Crippen molar-refractivity contribution in [2.75, 3.05) is 73.7 Å². The average molecular weight is 620 g/mol. The largest absolute Gasteiger partial charge is 0.494 e. The molecule has 44 heavy (non-hydrogen) atoms. The first-order chi connectivity index (χ1) is 21.5. The maximum absolute atomic E-state index is 12.5. The van der Waals surface area contributed by atoms with Gasteiger partial charge >= 0.3 is 0 Å². The summed E-state index contributed by atoms with van der Waals surface area (Å²) in [5, 5.41) is 8.87. The number of ether oxygens (including phenoxy) is 2. The van der Waals surface area contributed by atoms with Gasteiger partial charge in [-0.05, 0) is 42.7 Å². The fourth-order valence-corrected chi connectivity index (χ4v) is 6.28. The minimum Gasteiger partial charge on any atom is -0.494 e. The molecule has 11 nitrogen and oxygen atoms in total. The van der Waals surface area contributed by atoms with Crippen LogP contribution in [0.4, 0.5) is 28.7 Å². The predicted octanol–water partition coefficient (Wildman–Crippen LogP) is 5.19. The zero-order chi connectivity index (χ0) is 30.5. The molecule has 0 spiro atoms. The van der Waals surface area contributed by atoms with Gasteiger partial charge in [-0.25, -0.2) is 15.0 Å². The molecule has 3 aliphatic heterocycles. The number of benzene rings is 2. The van der Waals surface area contributed by atoms with Gasteiger partial charge in [0.25, 0.3) is 0 Å². The smallest absolute Gasteiger partial charge is 0.247 e. The Kier molecular flexibility index (Phi) is 9.46. The molecular formula is C32H38ClN7O4. The molecule has 0 saturated carbocycles. The van der Waals surface area contributed by atoms with Gasteiger partial charge in [0.05, 0.1) is 50.0 Å². The van der Waals surface area contributed by atoms with Crippen LogP contribution in [0, 0.1) is 0 Å². The van der Waals surface area contributed by atoms with Crippen LogP contribution in [0.3, 0.4) is 0 Å². The second-order valence-corrected chi connectivity index (χ2v) is 11.5. The number of aromatic nitrogens is 2. The van der Waals surface area contributed by atoms with E-state index >= 15 is 0 Å². The van der Waals surface area contributed by atoms with Crippen LogP contribution in [0.15, 0.2) is 61.4 Å². The van der Waals surface area contributed by atoms with Crippen molar-refractivity contribution in [2.45, 2.75) is 31.3 Å². The van der Waals surface area contributed by atoms with E-state index in [2.05, 4.69) is 37.0 Å². The van der Waals surface area contributed by atoms with Gasteiger partial charge in [0.15, 0.2) is 5.82 Å². The quantitative estimate of drug-likeness (QED) is 0.311. The van der Waals surface area contributed by atoms with Crippen LogP contribution in [0.25, 0.3) is 0 Å². The van der Waals surface area contributed by atoms with Crippen LogP contribution in [-0.4, -0.2) is 79.9 Å². The van der Waals surface area contributed by atoms with E-state index in [-0.39, 0.29) is 11.9 Å². The van der Waals surface area contributed by atoms with Crippen LogP contribution in [0.2, 0.25) is 5.02 Å². The number of halogens is 1. The standard InChI is InChI=1S/C32H38ClN7O4/c1-3-32(41)37-25-18-26(29(42-2)19-28(25)39-11-8-24(9-12-39)38-13-16-43-17-14-38)36-30-20-31(35-21-34-30)40-27(10-15-44-40)22-4-6-23(33)7-5-22/h3-7,18-21,24,27H,1,8-17H2,2H3,(H,37,41)(H,34,35,36). The minimum atomic E-state index is -0.283. The van der Waals surface area contributed by atoms with E-state index < -0.39 is 0 Å². The van der Waals surface area contributed by atoms with Crippen LogP contribution < -0.4 is 25.3 Å². The van der Waals surface area contributed by atoms with Crippen molar-refractivity contribution in [3.63, 3.8) is 0 Å². The molecule has 1 aromatic heterocycles. The fraction of sp³-hybridized carbons (Fsp3) is 0.406. The Morgan fingerprint density at radius 1 is 1.02 bits per heavy atom. The Morgan fingerprint density at radius 3 is 2.52 bits per heavy atom. The molecule has 2 aromatic carbocycles. The summed E-state index contributed by atoms with van der Waals surface area (Å²) in [6.07, 6.45) is 5.67. The van der Waals surface area contributed by atoms with Crippen molar-refractivity contribution in [3.05, 3.63) is 72.0 Å². The fourth-order valence-electron chi connectivity index (χ4n) is 6.15. The highest BCUT2D eigenvalue weighted by Gasteiger charge is 2.30. The van der Waals surface area contributed by atoms with Crippen molar-refractivity contribution in [2.24, 2.45) is 0 Å². The van der Waals surface area contributed by atoms with E-state index in [4.69, 9.17) is 25.9 Å². The van der Waals surface area contributed by atoms with Crippen molar-refractivity contribution < 1.29 is 19.1 Å². The van der Waals surface area contributed by atoms with Crippen molar-refractivity contribution in [1.29, 1.82) is 0 Å². The van der Waals surface area contributed by atoms with Gasteiger partial charge in [-0.1, -0.05) is 30.3 Å². The number of rotatable bonds is 9. The SMILES string of the molecule is C=CC(=O)Nc1cc(Nc2cc(N3OCCC3c3ccc(Cl)cc3)ncn2)c(OC)cc1N1CCC(N2CCOCC2)CC1. The normalized spacial score (nSPS) is 19.5. The molecule has 3 saturated heterocycles. The van der Waals surface area contributed by atoms with Crippen molar-refractivity contribution in [3.8, 4) is 5.75 Å². The summed E-state index contributed by atoms with van der Waals surface area (Å²) in [5.74, 6) is 1.52. The van der Waals surface area contributed by atoms with Crippen molar-refractivity contribution in [1.82, 2.24) is 14.9 Å². The molecule has 0 bridgehead atoms. The number of piperidine rings is 1. The number of morpholine rings is 1. The number of methoxy groups -OCH3 is 1. The lowest BCUT2D eigenvalue weighted by Crippen LogP contribution is -2.49. The van der Waals surface area contributed by atoms with E-state index in [0.29, 0.717) is 46.4 Å². The van der Waals surface area contributed by atoms with E-state index in [1.54, 1.807) is 7.11 Å². The number of amides is 1. The summed E-state index contributed by atoms with van der Waals surface area (Å²) in [7, 11) is 1.64. The Balaban J connectivity index is 1.23. The highest BCUT2D eigenvalue weighted by atomic mass is 35.5. The zero-order valence-corrected chi connectivity index (χ0v) is 25.6. The molecule has 2 N–H and O–H groups in total. The van der Waals surface area contributed by atoms with Crippen LogP contribution in [0.5, 0.6) is 5.75 Å². The first-order valence-electron chi connectivity index (χ1n) is 15.0. The molecule has 6 rings (SSSR count). The third kappa shape index (κ3) is 6.76. The second-order valence-electron chi connectivity index (χ2n) is 11.0. The molecule has 0 aliphatic carbocycles. The number of hydrogen-bond donors (Lipinski definition) is 2. The molecule has 1 atom stereocenters. The van der Waals surface area contributed by atoms with Gasteiger partial charge < -0.3 is 25.0 Å². The van der Waals surface area contributed by atoms with Crippen LogP contribution in [0.1, 0.15) is 30.9 Å².